The summed E-state index contributed by atoms with van der Waals surface area (Å²) in [7, 11) is 0. The molecule has 0 fully saturated rings. The highest BCUT2D eigenvalue weighted by atomic mass is 19.1. The monoisotopic (exact) mass is 245 g/mol. The molecular weight excluding hydrogens is 233 g/mol. The van der Waals surface area contributed by atoms with Crippen LogP contribution in [0.5, 0.6) is 11.6 Å². The minimum atomic E-state index is -0.365. The third kappa shape index (κ3) is 2.71. The maximum absolute atomic E-state index is 13.1. The number of carbonyl (C=O) groups excluding carboxylic acids is 1. The molecule has 18 heavy (non-hydrogen) atoms. The van der Waals surface area contributed by atoms with E-state index in [0.29, 0.717) is 17.2 Å². The first-order chi connectivity index (χ1) is 8.56. The maximum atomic E-state index is 13.1. The lowest BCUT2D eigenvalue weighted by Crippen LogP contribution is -1.95. The molecule has 0 aliphatic heterocycles. The van der Waals surface area contributed by atoms with Crippen LogP contribution in [0.3, 0.4) is 0 Å². The van der Waals surface area contributed by atoms with Crippen LogP contribution in [-0.4, -0.2) is 10.8 Å². The van der Waals surface area contributed by atoms with E-state index in [0.717, 1.165) is 5.56 Å². The third-order valence-corrected chi connectivity index (χ3v) is 2.51. The van der Waals surface area contributed by atoms with Crippen molar-refractivity contribution in [2.75, 3.05) is 0 Å². The summed E-state index contributed by atoms with van der Waals surface area (Å²) in [6.07, 6.45) is 1.44. The van der Waals surface area contributed by atoms with Gasteiger partial charge in [0.25, 0.3) is 0 Å². The van der Waals surface area contributed by atoms with Crippen molar-refractivity contribution in [3.8, 4) is 11.6 Å². The molecule has 0 N–H and O–H groups in total. The Morgan fingerprint density at radius 2 is 2.06 bits per heavy atom. The van der Waals surface area contributed by atoms with Crippen molar-refractivity contribution in [3.05, 3.63) is 53.5 Å². The van der Waals surface area contributed by atoms with Crippen molar-refractivity contribution in [1.82, 2.24) is 4.98 Å². The number of halogens is 1. The Morgan fingerprint density at radius 3 is 2.67 bits per heavy atom. The molecule has 0 bridgehead atoms. The van der Waals surface area contributed by atoms with Crippen molar-refractivity contribution in [3.63, 3.8) is 0 Å². The van der Waals surface area contributed by atoms with E-state index in [9.17, 15) is 9.18 Å². The molecule has 0 saturated carbocycles. The van der Waals surface area contributed by atoms with Gasteiger partial charge in [0.2, 0.25) is 5.88 Å². The highest BCUT2D eigenvalue weighted by Gasteiger charge is 2.05. The van der Waals surface area contributed by atoms with Gasteiger partial charge in [0.15, 0.2) is 5.78 Å². The molecule has 0 atom stereocenters. The summed E-state index contributed by atoms with van der Waals surface area (Å²) in [5.41, 5.74) is 1.33. The highest BCUT2D eigenvalue weighted by Crippen LogP contribution is 2.24. The Hall–Kier alpha value is -2.23. The number of aryl methyl sites for hydroxylation is 1. The quantitative estimate of drug-likeness (QED) is 0.776. The van der Waals surface area contributed by atoms with Crippen LogP contribution in [0.4, 0.5) is 4.39 Å². The molecule has 0 saturated heterocycles. The van der Waals surface area contributed by atoms with Gasteiger partial charge in [0.1, 0.15) is 11.6 Å². The van der Waals surface area contributed by atoms with Gasteiger partial charge in [-0.15, -0.1) is 0 Å². The van der Waals surface area contributed by atoms with Crippen molar-refractivity contribution in [1.29, 1.82) is 0 Å². The Labute approximate surface area is 104 Å². The average molecular weight is 245 g/mol. The second-order valence-corrected chi connectivity index (χ2v) is 3.95. The summed E-state index contributed by atoms with van der Waals surface area (Å²) >= 11 is 0. The van der Waals surface area contributed by atoms with Crippen LogP contribution in [0.15, 0.2) is 36.5 Å². The van der Waals surface area contributed by atoms with E-state index in [1.54, 1.807) is 18.2 Å². The SMILES string of the molecule is CC(=O)c1ccc(Oc2cc(F)ccc2C)nc1. The molecule has 0 radical (unpaired) electrons. The van der Waals surface area contributed by atoms with Gasteiger partial charge >= 0.3 is 0 Å². The van der Waals surface area contributed by atoms with Crippen LogP contribution in [-0.2, 0) is 0 Å². The molecule has 2 aromatic rings. The molecule has 1 heterocycles. The Morgan fingerprint density at radius 1 is 1.28 bits per heavy atom. The van der Waals surface area contributed by atoms with Gasteiger partial charge in [-0.3, -0.25) is 4.79 Å². The van der Waals surface area contributed by atoms with Gasteiger partial charge in [-0.1, -0.05) is 6.07 Å². The number of Topliss-reactive ketones (excluding diaryl/α,β-unsaturated/α-hetero) is 1. The number of pyridine rings is 1. The van der Waals surface area contributed by atoms with E-state index < -0.39 is 0 Å². The largest absolute Gasteiger partial charge is 0.439 e. The first kappa shape index (κ1) is 12.2. The van der Waals surface area contributed by atoms with E-state index in [2.05, 4.69) is 4.98 Å². The number of aromatic nitrogens is 1. The van der Waals surface area contributed by atoms with Gasteiger partial charge in [0, 0.05) is 23.9 Å². The number of ketones is 1. The maximum Gasteiger partial charge on any atom is 0.219 e. The molecule has 0 amide bonds. The normalized spacial score (nSPS) is 10.2. The molecule has 3 nitrogen and oxygen atoms in total. The minimum Gasteiger partial charge on any atom is -0.439 e. The van der Waals surface area contributed by atoms with E-state index >= 15 is 0 Å². The lowest BCUT2D eigenvalue weighted by Gasteiger charge is -2.07. The van der Waals surface area contributed by atoms with Gasteiger partial charge in [-0.25, -0.2) is 9.37 Å². The smallest absolute Gasteiger partial charge is 0.219 e. The highest BCUT2D eigenvalue weighted by molar-refractivity contribution is 5.93. The van der Waals surface area contributed by atoms with Gasteiger partial charge in [0.05, 0.1) is 0 Å². The van der Waals surface area contributed by atoms with E-state index in [1.165, 1.54) is 25.3 Å². The third-order valence-electron chi connectivity index (χ3n) is 2.51. The zero-order valence-corrected chi connectivity index (χ0v) is 10.1. The zero-order chi connectivity index (χ0) is 13.1. The number of hydrogen-bond acceptors (Lipinski definition) is 3. The lowest BCUT2D eigenvalue weighted by atomic mass is 10.2. The van der Waals surface area contributed by atoms with Gasteiger partial charge < -0.3 is 4.74 Å². The van der Waals surface area contributed by atoms with Gasteiger partial charge in [-0.05, 0) is 31.5 Å². The fourth-order valence-electron chi connectivity index (χ4n) is 1.45. The summed E-state index contributed by atoms with van der Waals surface area (Å²) in [5.74, 6) is 0.318. The zero-order valence-electron chi connectivity index (χ0n) is 10.1. The Kier molecular flexibility index (Phi) is 3.37. The Balaban J connectivity index is 2.23. The fourth-order valence-corrected chi connectivity index (χ4v) is 1.45. The summed E-state index contributed by atoms with van der Waals surface area (Å²) in [6, 6.07) is 7.51. The van der Waals surface area contributed by atoms with Crippen LogP contribution < -0.4 is 4.74 Å². The summed E-state index contributed by atoms with van der Waals surface area (Å²) < 4.78 is 18.5. The standard InChI is InChI=1S/C14H12FNO2/c1-9-3-5-12(15)7-13(9)18-14-6-4-11(8-16-14)10(2)17/h3-8H,1-2H3. The van der Waals surface area contributed by atoms with Crippen molar-refractivity contribution >= 4 is 5.78 Å². The molecular formula is C14H12FNO2. The predicted octanol–water partition coefficient (Wildman–Crippen LogP) is 3.52. The molecule has 0 unspecified atom stereocenters. The summed E-state index contributed by atoms with van der Waals surface area (Å²) in [4.78, 5) is 15.1. The number of benzene rings is 1. The number of ether oxygens (including phenoxy) is 1. The van der Waals surface area contributed by atoms with Crippen LogP contribution in [0, 0.1) is 12.7 Å². The fraction of sp³-hybridized carbons (Fsp3) is 0.143. The van der Waals surface area contributed by atoms with E-state index in [4.69, 9.17) is 4.74 Å². The molecule has 0 spiro atoms. The predicted molar refractivity (Wildman–Crippen MR) is 65.5 cm³/mol. The summed E-state index contributed by atoms with van der Waals surface area (Å²) in [5, 5.41) is 0. The van der Waals surface area contributed by atoms with E-state index in [1.807, 2.05) is 6.92 Å². The Bertz CT molecular complexity index is 579. The number of hydrogen-bond donors (Lipinski definition) is 0. The van der Waals surface area contributed by atoms with Crippen molar-refractivity contribution < 1.29 is 13.9 Å². The van der Waals surface area contributed by atoms with Crippen LogP contribution in [0.25, 0.3) is 0 Å². The second kappa shape index (κ2) is 4.96. The molecule has 92 valence electrons. The average Bonchev–Trinajstić information content (AvgIpc) is 2.34. The minimum absolute atomic E-state index is 0.0593. The molecule has 1 aromatic carbocycles. The van der Waals surface area contributed by atoms with E-state index in [-0.39, 0.29) is 11.6 Å². The number of rotatable bonds is 3. The first-order valence-electron chi connectivity index (χ1n) is 5.47. The summed E-state index contributed by atoms with van der Waals surface area (Å²) in [6.45, 7) is 3.28. The molecule has 4 heteroatoms. The number of carbonyl (C=O) groups is 1. The molecule has 0 aliphatic rings. The van der Waals surface area contributed by atoms with Crippen molar-refractivity contribution in [2.24, 2.45) is 0 Å². The molecule has 2 rings (SSSR count). The van der Waals surface area contributed by atoms with Crippen LogP contribution in [0.2, 0.25) is 0 Å². The van der Waals surface area contributed by atoms with Crippen LogP contribution >= 0.6 is 0 Å². The second-order valence-electron chi connectivity index (χ2n) is 3.95. The lowest BCUT2D eigenvalue weighted by molar-refractivity contribution is 0.101. The number of nitrogens with zero attached hydrogens (tertiary/aromatic N) is 1. The molecule has 1 aromatic heterocycles. The topological polar surface area (TPSA) is 39.2 Å². The van der Waals surface area contributed by atoms with Gasteiger partial charge in [-0.2, -0.15) is 0 Å². The first-order valence-corrected chi connectivity index (χ1v) is 5.47. The van der Waals surface area contributed by atoms with Crippen LogP contribution in [0.1, 0.15) is 22.8 Å². The van der Waals surface area contributed by atoms with Crippen molar-refractivity contribution in [2.45, 2.75) is 13.8 Å². The molecule has 0 aliphatic carbocycles.